The highest BCUT2D eigenvalue weighted by Crippen LogP contribution is 2.30. The minimum Gasteiger partial charge on any atom is -0.497 e. The summed E-state index contributed by atoms with van der Waals surface area (Å²) in [5, 5.41) is 3.18. The second-order valence-electron chi connectivity index (χ2n) is 5.18. The van der Waals surface area contributed by atoms with Crippen LogP contribution in [0, 0.1) is 0 Å². The molecule has 1 aliphatic rings. The Bertz CT molecular complexity index is 457. The van der Waals surface area contributed by atoms with Crippen molar-refractivity contribution in [3.63, 3.8) is 0 Å². The van der Waals surface area contributed by atoms with Crippen molar-refractivity contribution in [2.45, 2.75) is 32.7 Å². The van der Waals surface area contributed by atoms with Crippen LogP contribution in [0.2, 0.25) is 0 Å². The van der Waals surface area contributed by atoms with Gasteiger partial charge < -0.3 is 15.0 Å². The first-order valence-corrected chi connectivity index (χ1v) is 6.82. The highest BCUT2D eigenvalue weighted by molar-refractivity contribution is 5.96. The number of fused-ring (bicyclic) bond motifs is 1. The van der Waals surface area contributed by atoms with E-state index in [1.54, 1.807) is 7.11 Å². The first kappa shape index (κ1) is 13.9. The number of benzene rings is 1. The van der Waals surface area contributed by atoms with Crippen LogP contribution >= 0.6 is 0 Å². The third-order valence-corrected chi connectivity index (χ3v) is 3.37. The Hall–Kier alpha value is -1.55. The van der Waals surface area contributed by atoms with Crippen LogP contribution in [-0.2, 0) is 11.2 Å². The number of nitrogens with zero attached hydrogens (tertiary/aromatic N) is 1. The standard InChI is InChI=1S/C15H22N2O2/c1-11(2)16-10-15(18)17-8-4-5-12-9-13(19-3)6-7-14(12)17/h6-7,9,11,16H,4-5,8,10H2,1-3H3. The number of methoxy groups -OCH3 is 1. The molecule has 0 aliphatic carbocycles. The van der Waals surface area contributed by atoms with Gasteiger partial charge in [0.05, 0.1) is 13.7 Å². The maximum absolute atomic E-state index is 12.3. The van der Waals surface area contributed by atoms with E-state index in [2.05, 4.69) is 5.32 Å². The summed E-state index contributed by atoms with van der Waals surface area (Å²) in [5.41, 5.74) is 2.23. The third-order valence-electron chi connectivity index (χ3n) is 3.37. The van der Waals surface area contributed by atoms with Crippen LogP contribution in [0.3, 0.4) is 0 Å². The molecule has 1 heterocycles. The van der Waals surface area contributed by atoms with E-state index in [0.29, 0.717) is 12.6 Å². The summed E-state index contributed by atoms with van der Waals surface area (Å²) < 4.78 is 5.24. The molecule has 1 amide bonds. The summed E-state index contributed by atoms with van der Waals surface area (Å²) in [7, 11) is 1.67. The van der Waals surface area contributed by atoms with E-state index in [9.17, 15) is 4.79 Å². The highest BCUT2D eigenvalue weighted by Gasteiger charge is 2.22. The van der Waals surface area contributed by atoms with E-state index < -0.39 is 0 Å². The first-order chi connectivity index (χ1) is 9.11. The summed E-state index contributed by atoms with van der Waals surface area (Å²) >= 11 is 0. The molecule has 0 spiro atoms. The number of hydrogen-bond acceptors (Lipinski definition) is 3. The predicted octanol–water partition coefficient (Wildman–Crippen LogP) is 1.97. The molecule has 1 aromatic rings. The van der Waals surface area contributed by atoms with Crippen LogP contribution in [0.15, 0.2) is 18.2 Å². The fourth-order valence-corrected chi connectivity index (χ4v) is 2.35. The van der Waals surface area contributed by atoms with Crippen molar-refractivity contribution in [2.75, 3.05) is 25.1 Å². The Balaban J connectivity index is 2.15. The zero-order valence-corrected chi connectivity index (χ0v) is 11.9. The first-order valence-electron chi connectivity index (χ1n) is 6.82. The maximum atomic E-state index is 12.3. The fraction of sp³-hybridized carbons (Fsp3) is 0.533. The third kappa shape index (κ3) is 3.26. The van der Waals surface area contributed by atoms with Crippen molar-refractivity contribution in [2.24, 2.45) is 0 Å². The zero-order chi connectivity index (χ0) is 13.8. The number of aryl methyl sites for hydroxylation is 1. The Morgan fingerprint density at radius 3 is 2.95 bits per heavy atom. The molecule has 0 fully saturated rings. The number of amides is 1. The molecule has 0 aromatic heterocycles. The van der Waals surface area contributed by atoms with E-state index in [4.69, 9.17) is 4.74 Å². The number of anilines is 1. The average Bonchev–Trinajstić information content (AvgIpc) is 2.43. The maximum Gasteiger partial charge on any atom is 0.240 e. The molecule has 1 N–H and O–H groups in total. The Kier molecular flexibility index (Phi) is 4.43. The smallest absolute Gasteiger partial charge is 0.240 e. The van der Waals surface area contributed by atoms with Gasteiger partial charge in [-0.2, -0.15) is 0 Å². The summed E-state index contributed by atoms with van der Waals surface area (Å²) in [4.78, 5) is 14.1. The van der Waals surface area contributed by atoms with Gasteiger partial charge in [-0.05, 0) is 36.6 Å². The molecule has 19 heavy (non-hydrogen) atoms. The van der Waals surface area contributed by atoms with E-state index in [-0.39, 0.29) is 5.91 Å². The lowest BCUT2D eigenvalue weighted by Gasteiger charge is -2.30. The number of carbonyl (C=O) groups excluding carboxylic acids is 1. The van der Waals surface area contributed by atoms with Gasteiger partial charge in [0.1, 0.15) is 5.75 Å². The largest absolute Gasteiger partial charge is 0.497 e. The molecular weight excluding hydrogens is 240 g/mol. The molecule has 0 radical (unpaired) electrons. The monoisotopic (exact) mass is 262 g/mol. The fourth-order valence-electron chi connectivity index (χ4n) is 2.35. The highest BCUT2D eigenvalue weighted by atomic mass is 16.5. The lowest BCUT2D eigenvalue weighted by Crippen LogP contribution is -2.42. The van der Waals surface area contributed by atoms with Crippen LogP contribution < -0.4 is 15.0 Å². The molecule has 4 heteroatoms. The van der Waals surface area contributed by atoms with Gasteiger partial charge in [-0.1, -0.05) is 13.8 Å². The van der Waals surface area contributed by atoms with Gasteiger partial charge in [-0.25, -0.2) is 0 Å². The number of nitrogens with one attached hydrogen (secondary N) is 1. The molecule has 0 unspecified atom stereocenters. The van der Waals surface area contributed by atoms with Crippen molar-refractivity contribution in [1.82, 2.24) is 5.32 Å². The summed E-state index contributed by atoms with van der Waals surface area (Å²) in [6.07, 6.45) is 2.02. The molecule has 4 nitrogen and oxygen atoms in total. The molecule has 0 saturated carbocycles. The van der Waals surface area contributed by atoms with Gasteiger partial charge in [0.15, 0.2) is 0 Å². The van der Waals surface area contributed by atoms with Crippen molar-refractivity contribution < 1.29 is 9.53 Å². The van der Waals surface area contributed by atoms with Gasteiger partial charge in [-0.3, -0.25) is 4.79 Å². The second-order valence-corrected chi connectivity index (χ2v) is 5.18. The number of ether oxygens (including phenoxy) is 1. The lowest BCUT2D eigenvalue weighted by atomic mass is 10.0. The summed E-state index contributed by atoms with van der Waals surface area (Å²) in [5.74, 6) is 0.994. The van der Waals surface area contributed by atoms with Crippen LogP contribution in [0.5, 0.6) is 5.75 Å². The van der Waals surface area contributed by atoms with Gasteiger partial charge in [0.2, 0.25) is 5.91 Å². The molecule has 2 rings (SSSR count). The number of rotatable bonds is 4. The van der Waals surface area contributed by atoms with Crippen LogP contribution in [0.1, 0.15) is 25.8 Å². The van der Waals surface area contributed by atoms with E-state index in [1.807, 2.05) is 36.9 Å². The SMILES string of the molecule is COc1ccc2c(c1)CCCN2C(=O)CNC(C)C. The van der Waals surface area contributed by atoms with E-state index in [1.165, 1.54) is 5.56 Å². The minimum absolute atomic E-state index is 0.139. The summed E-state index contributed by atoms with van der Waals surface area (Å²) in [6.45, 7) is 5.28. The van der Waals surface area contributed by atoms with Crippen molar-refractivity contribution in [3.8, 4) is 5.75 Å². The van der Waals surface area contributed by atoms with Gasteiger partial charge in [0.25, 0.3) is 0 Å². The summed E-state index contributed by atoms with van der Waals surface area (Å²) in [6, 6.07) is 6.26. The van der Waals surface area contributed by atoms with Crippen LogP contribution in [-0.4, -0.2) is 32.1 Å². The number of carbonyl (C=O) groups is 1. The second kappa shape index (κ2) is 6.06. The van der Waals surface area contributed by atoms with Gasteiger partial charge in [0, 0.05) is 18.3 Å². The molecule has 1 aromatic carbocycles. The van der Waals surface area contributed by atoms with Crippen molar-refractivity contribution in [3.05, 3.63) is 23.8 Å². The quantitative estimate of drug-likeness (QED) is 0.902. The Morgan fingerprint density at radius 1 is 1.47 bits per heavy atom. The minimum atomic E-state index is 0.139. The van der Waals surface area contributed by atoms with Crippen LogP contribution in [0.25, 0.3) is 0 Å². The average molecular weight is 262 g/mol. The lowest BCUT2D eigenvalue weighted by molar-refractivity contribution is -0.118. The van der Waals surface area contributed by atoms with Crippen LogP contribution in [0.4, 0.5) is 5.69 Å². The molecular formula is C15H22N2O2. The van der Waals surface area contributed by atoms with Gasteiger partial charge in [-0.15, -0.1) is 0 Å². The van der Waals surface area contributed by atoms with Crippen molar-refractivity contribution in [1.29, 1.82) is 0 Å². The Labute approximate surface area is 114 Å². The van der Waals surface area contributed by atoms with Gasteiger partial charge >= 0.3 is 0 Å². The van der Waals surface area contributed by atoms with E-state index in [0.717, 1.165) is 30.8 Å². The topological polar surface area (TPSA) is 41.6 Å². The predicted molar refractivity (Wildman–Crippen MR) is 76.8 cm³/mol. The molecule has 1 aliphatic heterocycles. The normalized spacial score (nSPS) is 14.4. The molecule has 0 atom stereocenters. The van der Waals surface area contributed by atoms with E-state index >= 15 is 0 Å². The number of hydrogen-bond donors (Lipinski definition) is 1. The molecule has 0 saturated heterocycles. The zero-order valence-electron chi connectivity index (χ0n) is 11.9. The molecule has 104 valence electrons. The molecule has 0 bridgehead atoms. The Morgan fingerprint density at radius 2 is 2.26 bits per heavy atom. The van der Waals surface area contributed by atoms with Crippen molar-refractivity contribution >= 4 is 11.6 Å².